The van der Waals surface area contributed by atoms with Gasteiger partial charge in [-0.2, -0.15) is 5.10 Å². The van der Waals surface area contributed by atoms with Gasteiger partial charge in [0.15, 0.2) is 6.61 Å². The van der Waals surface area contributed by atoms with Crippen LogP contribution in [0.4, 0.5) is 0 Å². The third kappa shape index (κ3) is 4.94. The molecule has 1 amide bonds. The quantitative estimate of drug-likeness (QED) is 0.432. The van der Waals surface area contributed by atoms with Gasteiger partial charge in [0.05, 0.1) is 11.2 Å². The Bertz CT molecular complexity index is 1010. The van der Waals surface area contributed by atoms with Gasteiger partial charge in [-0.1, -0.05) is 41.4 Å². The largest absolute Gasteiger partial charge is 0.483 e. The lowest BCUT2D eigenvalue weighted by Crippen LogP contribution is -2.24. The predicted molar refractivity (Wildman–Crippen MR) is 111 cm³/mol. The maximum Gasteiger partial charge on any atom is 0.277 e. The molecule has 0 aliphatic carbocycles. The molecular formula is C21H18Cl2N2O3. The summed E-state index contributed by atoms with van der Waals surface area (Å²) in [7, 11) is 0. The van der Waals surface area contributed by atoms with E-state index in [2.05, 4.69) is 10.5 Å². The lowest BCUT2D eigenvalue weighted by Gasteiger charge is -2.10. The number of hydrogen-bond donors (Lipinski definition) is 1. The van der Waals surface area contributed by atoms with Crippen LogP contribution < -0.4 is 10.2 Å². The lowest BCUT2D eigenvalue weighted by atomic mass is 10.1. The van der Waals surface area contributed by atoms with Gasteiger partial charge in [0, 0.05) is 10.6 Å². The van der Waals surface area contributed by atoms with Crippen molar-refractivity contribution in [1.82, 2.24) is 5.43 Å². The molecule has 0 fully saturated rings. The van der Waals surface area contributed by atoms with Crippen LogP contribution in [0, 0.1) is 13.8 Å². The minimum Gasteiger partial charge on any atom is -0.483 e. The monoisotopic (exact) mass is 416 g/mol. The molecular weight excluding hydrogens is 399 g/mol. The van der Waals surface area contributed by atoms with E-state index in [1.807, 2.05) is 32.0 Å². The number of carbonyl (C=O) groups is 1. The summed E-state index contributed by atoms with van der Waals surface area (Å²) >= 11 is 12.2. The second-order valence-electron chi connectivity index (χ2n) is 6.13. The Morgan fingerprint density at radius 2 is 1.89 bits per heavy atom. The third-order valence-electron chi connectivity index (χ3n) is 3.96. The molecule has 1 aromatic heterocycles. The average molecular weight is 417 g/mol. The smallest absolute Gasteiger partial charge is 0.277 e. The summed E-state index contributed by atoms with van der Waals surface area (Å²) in [4.78, 5) is 11.9. The van der Waals surface area contributed by atoms with Crippen molar-refractivity contribution in [3.63, 3.8) is 0 Å². The molecule has 0 radical (unpaired) electrons. The predicted octanol–water partition coefficient (Wildman–Crippen LogP) is 5.40. The van der Waals surface area contributed by atoms with Gasteiger partial charge in [0.1, 0.15) is 17.3 Å². The summed E-state index contributed by atoms with van der Waals surface area (Å²) in [6, 6.07) is 14.4. The van der Waals surface area contributed by atoms with Gasteiger partial charge in [-0.3, -0.25) is 4.79 Å². The summed E-state index contributed by atoms with van der Waals surface area (Å²) in [5.74, 6) is 1.35. The number of carbonyl (C=O) groups excluding carboxylic acids is 1. The number of hydrogen-bond acceptors (Lipinski definition) is 4. The van der Waals surface area contributed by atoms with E-state index in [1.54, 1.807) is 30.3 Å². The zero-order valence-corrected chi connectivity index (χ0v) is 16.8. The van der Waals surface area contributed by atoms with Crippen LogP contribution in [0.5, 0.6) is 5.75 Å². The van der Waals surface area contributed by atoms with E-state index in [0.29, 0.717) is 32.9 Å². The molecule has 0 bridgehead atoms. The molecule has 7 heteroatoms. The van der Waals surface area contributed by atoms with E-state index >= 15 is 0 Å². The number of hydrazone groups is 1. The number of para-hydroxylation sites is 1. The minimum atomic E-state index is -0.372. The molecule has 28 heavy (non-hydrogen) atoms. The Morgan fingerprint density at radius 3 is 2.64 bits per heavy atom. The molecule has 0 saturated heterocycles. The average Bonchev–Trinajstić information content (AvgIpc) is 3.12. The normalized spacial score (nSPS) is 11.0. The standard InChI is InChI=1S/C21H18Cl2N2O3/c1-13-4-3-5-14(2)21(13)27-12-20(26)25-24-11-16-7-9-19(28-16)17-10-15(22)6-8-18(17)23/h3-11H,12H2,1-2H3,(H,25,26)/b24-11+. The number of amides is 1. The Kier molecular flexibility index (Phi) is 6.39. The van der Waals surface area contributed by atoms with Gasteiger partial charge in [-0.05, 0) is 55.3 Å². The van der Waals surface area contributed by atoms with Crippen molar-refractivity contribution in [2.75, 3.05) is 6.61 Å². The molecule has 2 aromatic carbocycles. The number of furan rings is 1. The number of halogens is 2. The topological polar surface area (TPSA) is 63.8 Å². The molecule has 0 atom stereocenters. The van der Waals surface area contributed by atoms with E-state index in [9.17, 15) is 4.79 Å². The zero-order valence-electron chi connectivity index (χ0n) is 15.3. The fourth-order valence-electron chi connectivity index (χ4n) is 2.62. The molecule has 0 saturated carbocycles. The molecule has 0 aliphatic heterocycles. The molecule has 5 nitrogen and oxygen atoms in total. The van der Waals surface area contributed by atoms with Crippen molar-refractivity contribution in [1.29, 1.82) is 0 Å². The Morgan fingerprint density at radius 1 is 1.14 bits per heavy atom. The van der Waals surface area contributed by atoms with E-state index in [0.717, 1.165) is 11.1 Å². The van der Waals surface area contributed by atoms with Gasteiger partial charge in [-0.25, -0.2) is 5.43 Å². The molecule has 0 unspecified atom stereocenters. The lowest BCUT2D eigenvalue weighted by molar-refractivity contribution is -0.123. The van der Waals surface area contributed by atoms with Gasteiger partial charge < -0.3 is 9.15 Å². The summed E-state index contributed by atoms with van der Waals surface area (Å²) in [6.45, 7) is 3.72. The number of nitrogens with one attached hydrogen (secondary N) is 1. The van der Waals surface area contributed by atoms with Gasteiger partial charge in [0.2, 0.25) is 0 Å². The maximum absolute atomic E-state index is 11.9. The summed E-state index contributed by atoms with van der Waals surface area (Å²) < 4.78 is 11.3. The highest BCUT2D eigenvalue weighted by molar-refractivity contribution is 6.35. The molecule has 0 spiro atoms. The summed E-state index contributed by atoms with van der Waals surface area (Å²) in [6.07, 6.45) is 1.40. The number of ether oxygens (including phenoxy) is 1. The Hall–Kier alpha value is -2.76. The first-order valence-electron chi connectivity index (χ1n) is 8.50. The van der Waals surface area contributed by atoms with E-state index in [-0.39, 0.29) is 12.5 Å². The van der Waals surface area contributed by atoms with Crippen LogP contribution in [0.25, 0.3) is 11.3 Å². The molecule has 3 aromatic rings. The number of benzene rings is 2. The van der Waals surface area contributed by atoms with E-state index in [4.69, 9.17) is 32.4 Å². The maximum atomic E-state index is 11.9. The first kappa shape index (κ1) is 20.0. The van der Waals surface area contributed by atoms with Crippen molar-refractivity contribution < 1.29 is 13.9 Å². The van der Waals surface area contributed by atoms with E-state index in [1.165, 1.54) is 6.21 Å². The van der Waals surface area contributed by atoms with E-state index < -0.39 is 0 Å². The van der Waals surface area contributed by atoms with Crippen molar-refractivity contribution >= 4 is 35.3 Å². The highest BCUT2D eigenvalue weighted by Crippen LogP contribution is 2.31. The fourth-order valence-corrected chi connectivity index (χ4v) is 3.00. The third-order valence-corrected chi connectivity index (χ3v) is 4.52. The molecule has 1 heterocycles. The Balaban J connectivity index is 1.57. The highest BCUT2D eigenvalue weighted by Gasteiger charge is 2.09. The van der Waals surface area contributed by atoms with Crippen LogP contribution in [0.3, 0.4) is 0 Å². The molecule has 0 aliphatic rings. The zero-order chi connectivity index (χ0) is 20.1. The van der Waals surface area contributed by atoms with Crippen molar-refractivity contribution in [3.8, 4) is 17.1 Å². The second-order valence-corrected chi connectivity index (χ2v) is 6.97. The first-order valence-corrected chi connectivity index (χ1v) is 9.26. The number of aryl methyl sites for hydroxylation is 2. The van der Waals surface area contributed by atoms with Gasteiger partial charge in [-0.15, -0.1) is 0 Å². The second kappa shape index (κ2) is 8.95. The number of rotatable bonds is 6. The fraction of sp³-hybridized carbons (Fsp3) is 0.143. The minimum absolute atomic E-state index is 0.134. The SMILES string of the molecule is Cc1cccc(C)c1OCC(=O)N/N=C/c1ccc(-c2cc(Cl)ccc2Cl)o1. The van der Waals surface area contributed by atoms with Crippen LogP contribution in [0.1, 0.15) is 16.9 Å². The van der Waals surface area contributed by atoms with Crippen LogP contribution in [-0.4, -0.2) is 18.7 Å². The molecule has 3 rings (SSSR count). The van der Waals surface area contributed by atoms with Crippen molar-refractivity contribution in [3.05, 3.63) is 75.5 Å². The Labute approximate surface area is 172 Å². The van der Waals surface area contributed by atoms with Gasteiger partial charge >= 0.3 is 0 Å². The van der Waals surface area contributed by atoms with Crippen molar-refractivity contribution in [2.24, 2.45) is 5.10 Å². The molecule has 1 N–H and O–H groups in total. The van der Waals surface area contributed by atoms with Crippen LogP contribution in [0.2, 0.25) is 10.0 Å². The van der Waals surface area contributed by atoms with Crippen LogP contribution in [0.15, 0.2) is 58.0 Å². The van der Waals surface area contributed by atoms with Crippen LogP contribution >= 0.6 is 23.2 Å². The summed E-state index contributed by atoms with van der Waals surface area (Å²) in [5.41, 5.74) is 5.03. The van der Waals surface area contributed by atoms with Gasteiger partial charge in [0.25, 0.3) is 5.91 Å². The highest BCUT2D eigenvalue weighted by atomic mass is 35.5. The summed E-state index contributed by atoms with van der Waals surface area (Å²) in [5, 5.41) is 4.97. The van der Waals surface area contributed by atoms with Crippen molar-refractivity contribution in [2.45, 2.75) is 13.8 Å². The first-order chi connectivity index (χ1) is 13.4. The number of nitrogens with zero attached hydrogens (tertiary/aromatic N) is 1. The molecule has 144 valence electrons. The van der Waals surface area contributed by atoms with Crippen LogP contribution in [-0.2, 0) is 4.79 Å².